The normalized spacial score (nSPS) is 11.8. The minimum absolute atomic E-state index is 0.306. The van der Waals surface area contributed by atoms with Crippen LogP contribution in [0.1, 0.15) is 6.42 Å². The van der Waals surface area contributed by atoms with Gasteiger partial charge in [-0.1, -0.05) is 15.9 Å². The summed E-state index contributed by atoms with van der Waals surface area (Å²) in [6.45, 7) is 0. The zero-order valence-corrected chi connectivity index (χ0v) is 9.77. The van der Waals surface area contributed by atoms with Gasteiger partial charge in [0.05, 0.1) is 5.75 Å². The average Bonchev–Trinajstić information content (AvgIpc) is 1.85. The third kappa shape index (κ3) is 10.8. The van der Waals surface area contributed by atoms with E-state index >= 15 is 0 Å². The Bertz CT molecular complexity index is 177. The molecule has 2 nitrogen and oxygen atoms in total. The fourth-order valence-corrected chi connectivity index (χ4v) is 3.36. The van der Waals surface area contributed by atoms with Crippen molar-refractivity contribution in [3.8, 4) is 0 Å². The standard InChI is InChI=1S/C6H13BrO2S2/c1-11(8,9)6-5-10-4-2-3-7/h2-6H2,1H3. The van der Waals surface area contributed by atoms with Crippen LogP contribution in [0.2, 0.25) is 0 Å². The SMILES string of the molecule is CS(=O)(=O)CCSCCCBr. The second kappa shape index (κ2) is 6.31. The van der Waals surface area contributed by atoms with E-state index in [9.17, 15) is 8.42 Å². The Hall–Kier alpha value is 0.780. The molecule has 0 spiro atoms. The van der Waals surface area contributed by atoms with Gasteiger partial charge in [0.2, 0.25) is 0 Å². The van der Waals surface area contributed by atoms with E-state index in [1.165, 1.54) is 6.26 Å². The van der Waals surface area contributed by atoms with Crippen molar-refractivity contribution in [2.24, 2.45) is 0 Å². The Balaban J connectivity index is 3.16. The van der Waals surface area contributed by atoms with Crippen molar-refractivity contribution in [1.29, 1.82) is 0 Å². The summed E-state index contributed by atoms with van der Waals surface area (Å²) in [5.74, 6) is 2.08. The highest BCUT2D eigenvalue weighted by atomic mass is 79.9. The quantitative estimate of drug-likeness (QED) is 0.537. The molecule has 0 rings (SSSR count). The molecular weight excluding hydrogens is 248 g/mol. The molecule has 0 N–H and O–H groups in total. The first-order valence-electron chi connectivity index (χ1n) is 3.37. The molecule has 0 fully saturated rings. The molecule has 0 aromatic rings. The van der Waals surface area contributed by atoms with Crippen molar-refractivity contribution in [2.75, 3.05) is 28.8 Å². The van der Waals surface area contributed by atoms with Crippen LogP contribution < -0.4 is 0 Å². The summed E-state index contributed by atoms with van der Waals surface area (Å²) in [6.07, 6.45) is 2.38. The number of sulfone groups is 1. The molecule has 0 bridgehead atoms. The van der Waals surface area contributed by atoms with E-state index in [0.29, 0.717) is 5.75 Å². The molecule has 5 heteroatoms. The van der Waals surface area contributed by atoms with Gasteiger partial charge in [-0.25, -0.2) is 8.42 Å². The molecule has 0 saturated carbocycles. The Morgan fingerprint density at radius 3 is 2.45 bits per heavy atom. The lowest BCUT2D eigenvalue weighted by atomic mass is 10.6. The summed E-state index contributed by atoms with van der Waals surface area (Å²) in [7, 11) is -2.74. The Kier molecular flexibility index (Phi) is 6.76. The summed E-state index contributed by atoms with van der Waals surface area (Å²) in [5.41, 5.74) is 0. The molecule has 0 aromatic carbocycles. The summed E-state index contributed by atoms with van der Waals surface area (Å²) < 4.78 is 21.3. The monoisotopic (exact) mass is 260 g/mol. The van der Waals surface area contributed by atoms with Gasteiger partial charge in [-0.05, 0) is 12.2 Å². The van der Waals surface area contributed by atoms with Gasteiger partial charge in [-0.3, -0.25) is 0 Å². The predicted octanol–water partition coefficient (Wildman–Crippen LogP) is 1.55. The molecule has 0 aliphatic heterocycles. The van der Waals surface area contributed by atoms with E-state index in [0.717, 1.165) is 23.3 Å². The molecule has 11 heavy (non-hydrogen) atoms. The fourth-order valence-electron chi connectivity index (χ4n) is 0.469. The molecule has 0 saturated heterocycles. The van der Waals surface area contributed by atoms with Gasteiger partial charge in [0, 0.05) is 17.3 Å². The van der Waals surface area contributed by atoms with Crippen LogP contribution in [-0.4, -0.2) is 37.3 Å². The Morgan fingerprint density at radius 1 is 1.36 bits per heavy atom. The van der Waals surface area contributed by atoms with E-state index in [2.05, 4.69) is 15.9 Å². The predicted molar refractivity (Wildman–Crippen MR) is 55.4 cm³/mol. The van der Waals surface area contributed by atoms with Crippen molar-refractivity contribution in [3.63, 3.8) is 0 Å². The van der Waals surface area contributed by atoms with Crippen molar-refractivity contribution in [2.45, 2.75) is 6.42 Å². The molecule has 0 aliphatic rings. The molecule has 0 unspecified atom stereocenters. The van der Waals surface area contributed by atoms with Gasteiger partial charge in [0.1, 0.15) is 9.84 Å². The van der Waals surface area contributed by atoms with E-state index in [1.54, 1.807) is 11.8 Å². The number of halogens is 1. The van der Waals surface area contributed by atoms with Crippen LogP contribution >= 0.6 is 27.7 Å². The maximum Gasteiger partial charge on any atom is 0.148 e. The Labute approximate surface area is 81.2 Å². The van der Waals surface area contributed by atoms with Gasteiger partial charge in [0.15, 0.2) is 0 Å². The highest BCUT2D eigenvalue weighted by Crippen LogP contribution is 2.04. The van der Waals surface area contributed by atoms with Crippen LogP contribution in [0.3, 0.4) is 0 Å². The second-order valence-corrected chi connectivity index (χ2v) is 6.56. The second-order valence-electron chi connectivity index (χ2n) is 2.28. The van der Waals surface area contributed by atoms with Crippen LogP contribution in [0.5, 0.6) is 0 Å². The number of hydrogen-bond acceptors (Lipinski definition) is 3. The molecule has 68 valence electrons. The van der Waals surface area contributed by atoms with Gasteiger partial charge >= 0.3 is 0 Å². The topological polar surface area (TPSA) is 34.1 Å². The summed E-state index contributed by atoms with van der Waals surface area (Å²) in [4.78, 5) is 0. The summed E-state index contributed by atoms with van der Waals surface area (Å²) in [5, 5.41) is 0.999. The van der Waals surface area contributed by atoms with E-state index in [-0.39, 0.29) is 0 Å². The molecule has 0 atom stereocenters. The Morgan fingerprint density at radius 2 is 2.00 bits per heavy atom. The largest absolute Gasteiger partial charge is 0.229 e. The first kappa shape index (κ1) is 11.8. The molecule has 0 amide bonds. The molecule has 0 aliphatic carbocycles. The lowest BCUT2D eigenvalue weighted by Gasteiger charge is -1.97. The zero-order valence-electron chi connectivity index (χ0n) is 6.55. The van der Waals surface area contributed by atoms with E-state index < -0.39 is 9.84 Å². The summed E-state index contributed by atoms with van der Waals surface area (Å²) in [6, 6.07) is 0. The van der Waals surface area contributed by atoms with Gasteiger partial charge in [-0.2, -0.15) is 11.8 Å². The van der Waals surface area contributed by atoms with Crippen molar-refractivity contribution < 1.29 is 8.42 Å². The summed E-state index contributed by atoms with van der Waals surface area (Å²) >= 11 is 5.00. The fraction of sp³-hybridized carbons (Fsp3) is 1.00. The van der Waals surface area contributed by atoms with Gasteiger partial charge in [0.25, 0.3) is 0 Å². The first-order chi connectivity index (χ1) is 5.06. The average molecular weight is 261 g/mol. The number of hydrogen-bond donors (Lipinski definition) is 0. The molecule has 0 aromatic heterocycles. The number of alkyl halides is 1. The molecule has 0 radical (unpaired) electrons. The van der Waals surface area contributed by atoms with E-state index in [1.807, 2.05) is 0 Å². The number of rotatable bonds is 6. The van der Waals surface area contributed by atoms with Gasteiger partial charge in [-0.15, -0.1) is 0 Å². The minimum Gasteiger partial charge on any atom is -0.229 e. The maximum absolute atomic E-state index is 10.6. The van der Waals surface area contributed by atoms with Crippen LogP contribution in [0.25, 0.3) is 0 Å². The maximum atomic E-state index is 10.6. The highest BCUT2D eigenvalue weighted by Gasteiger charge is 2.00. The third-order valence-corrected chi connectivity index (χ3v) is 3.86. The minimum atomic E-state index is -2.74. The number of thioether (sulfide) groups is 1. The molecule has 0 heterocycles. The highest BCUT2D eigenvalue weighted by molar-refractivity contribution is 9.09. The van der Waals surface area contributed by atoms with Crippen LogP contribution in [0, 0.1) is 0 Å². The lowest BCUT2D eigenvalue weighted by Crippen LogP contribution is -2.05. The van der Waals surface area contributed by atoms with Crippen LogP contribution in [0.15, 0.2) is 0 Å². The van der Waals surface area contributed by atoms with Crippen LogP contribution in [-0.2, 0) is 9.84 Å². The van der Waals surface area contributed by atoms with Crippen LogP contribution in [0.4, 0.5) is 0 Å². The smallest absolute Gasteiger partial charge is 0.148 e. The first-order valence-corrected chi connectivity index (χ1v) is 7.71. The third-order valence-electron chi connectivity index (χ3n) is 1.02. The zero-order chi connectivity index (χ0) is 8.74. The lowest BCUT2D eigenvalue weighted by molar-refractivity contribution is 0.603. The van der Waals surface area contributed by atoms with Crippen molar-refractivity contribution in [1.82, 2.24) is 0 Å². The van der Waals surface area contributed by atoms with Gasteiger partial charge < -0.3 is 0 Å². The van der Waals surface area contributed by atoms with E-state index in [4.69, 9.17) is 0 Å². The van der Waals surface area contributed by atoms with Crippen molar-refractivity contribution >= 4 is 37.5 Å². The van der Waals surface area contributed by atoms with Crippen molar-refractivity contribution in [3.05, 3.63) is 0 Å². The molecular formula is C6H13BrO2S2.